The SMILES string of the molecule is COc1cccc(C=CC(=O)c2ccc(OC(=O)c3ccc(Br)cc3)cc2)c1. The highest BCUT2D eigenvalue weighted by molar-refractivity contribution is 9.10. The van der Waals surface area contributed by atoms with Crippen LogP contribution in [0.3, 0.4) is 0 Å². The standard InChI is InChI=1S/C23H17BrO4/c1-27-21-4-2-3-16(15-21)5-14-22(25)17-8-12-20(13-9-17)28-23(26)18-6-10-19(24)11-7-18/h2-15H,1H3. The van der Waals surface area contributed by atoms with Crippen molar-refractivity contribution in [1.29, 1.82) is 0 Å². The fourth-order valence-corrected chi connectivity index (χ4v) is 2.72. The van der Waals surface area contributed by atoms with Crippen LogP contribution in [-0.2, 0) is 0 Å². The number of halogens is 1. The zero-order valence-electron chi connectivity index (χ0n) is 15.1. The van der Waals surface area contributed by atoms with Crippen LogP contribution >= 0.6 is 15.9 Å². The van der Waals surface area contributed by atoms with Crippen LogP contribution in [0.5, 0.6) is 11.5 Å². The number of ether oxygens (including phenoxy) is 2. The highest BCUT2D eigenvalue weighted by Gasteiger charge is 2.09. The van der Waals surface area contributed by atoms with Crippen LogP contribution in [0.15, 0.2) is 83.3 Å². The summed E-state index contributed by atoms with van der Waals surface area (Å²) in [4.78, 5) is 24.5. The molecule has 0 heterocycles. The fraction of sp³-hybridized carbons (Fsp3) is 0.0435. The number of methoxy groups -OCH3 is 1. The molecule has 0 aliphatic carbocycles. The molecule has 3 aromatic rings. The Kier molecular flexibility index (Phi) is 6.40. The van der Waals surface area contributed by atoms with Gasteiger partial charge in [0.2, 0.25) is 0 Å². The lowest BCUT2D eigenvalue weighted by Gasteiger charge is -2.05. The zero-order valence-corrected chi connectivity index (χ0v) is 16.7. The van der Waals surface area contributed by atoms with Gasteiger partial charge in [0.1, 0.15) is 11.5 Å². The van der Waals surface area contributed by atoms with Gasteiger partial charge in [-0.1, -0.05) is 34.1 Å². The van der Waals surface area contributed by atoms with Crippen molar-refractivity contribution in [1.82, 2.24) is 0 Å². The first-order valence-corrected chi connectivity index (χ1v) is 9.29. The third kappa shape index (κ3) is 5.18. The molecule has 140 valence electrons. The Morgan fingerprint density at radius 1 is 0.857 bits per heavy atom. The Morgan fingerprint density at radius 3 is 2.21 bits per heavy atom. The minimum absolute atomic E-state index is 0.145. The monoisotopic (exact) mass is 436 g/mol. The van der Waals surface area contributed by atoms with E-state index in [1.807, 2.05) is 24.3 Å². The molecule has 0 fully saturated rings. The maximum Gasteiger partial charge on any atom is 0.343 e. The molecule has 0 amide bonds. The van der Waals surface area contributed by atoms with Gasteiger partial charge in [0, 0.05) is 10.0 Å². The molecular weight excluding hydrogens is 420 g/mol. The van der Waals surface area contributed by atoms with Crippen LogP contribution in [0.4, 0.5) is 0 Å². The van der Waals surface area contributed by atoms with E-state index in [0.717, 1.165) is 15.8 Å². The lowest BCUT2D eigenvalue weighted by Crippen LogP contribution is -2.08. The molecule has 0 N–H and O–H groups in total. The molecule has 0 bridgehead atoms. The normalized spacial score (nSPS) is 10.6. The van der Waals surface area contributed by atoms with E-state index in [0.29, 0.717) is 16.9 Å². The average Bonchev–Trinajstić information content (AvgIpc) is 2.73. The summed E-state index contributed by atoms with van der Waals surface area (Å²) in [6.45, 7) is 0. The predicted molar refractivity (Wildman–Crippen MR) is 112 cm³/mol. The molecule has 3 aromatic carbocycles. The highest BCUT2D eigenvalue weighted by atomic mass is 79.9. The Bertz CT molecular complexity index is 1010. The lowest BCUT2D eigenvalue weighted by molar-refractivity contribution is 0.0734. The van der Waals surface area contributed by atoms with Crippen molar-refractivity contribution in [2.75, 3.05) is 7.11 Å². The van der Waals surface area contributed by atoms with Gasteiger partial charge < -0.3 is 9.47 Å². The quantitative estimate of drug-likeness (QED) is 0.219. The zero-order chi connectivity index (χ0) is 19.9. The van der Waals surface area contributed by atoms with Crippen molar-refractivity contribution < 1.29 is 19.1 Å². The van der Waals surface area contributed by atoms with E-state index in [9.17, 15) is 9.59 Å². The maximum absolute atomic E-state index is 12.3. The van der Waals surface area contributed by atoms with Gasteiger partial charge >= 0.3 is 5.97 Å². The molecule has 0 atom stereocenters. The lowest BCUT2D eigenvalue weighted by atomic mass is 10.1. The molecule has 0 spiro atoms. The summed E-state index contributed by atoms with van der Waals surface area (Å²) in [5, 5.41) is 0. The molecule has 5 heteroatoms. The topological polar surface area (TPSA) is 52.6 Å². The fourth-order valence-electron chi connectivity index (χ4n) is 2.45. The Hall–Kier alpha value is -3.18. The summed E-state index contributed by atoms with van der Waals surface area (Å²) < 4.78 is 11.4. The molecule has 0 saturated heterocycles. The van der Waals surface area contributed by atoms with Gasteiger partial charge in [-0.15, -0.1) is 0 Å². The van der Waals surface area contributed by atoms with Gasteiger partial charge in [-0.05, 0) is 72.3 Å². The number of ketones is 1. The number of esters is 1. The Labute approximate surface area is 171 Å². The Morgan fingerprint density at radius 2 is 1.54 bits per heavy atom. The second-order valence-electron chi connectivity index (χ2n) is 5.89. The van der Waals surface area contributed by atoms with E-state index in [1.54, 1.807) is 61.7 Å². The minimum atomic E-state index is -0.454. The van der Waals surface area contributed by atoms with Crippen molar-refractivity contribution in [2.45, 2.75) is 0 Å². The van der Waals surface area contributed by atoms with Crippen molar-refractivity contribution in [3.63, 3.8) is 0 Å². The number of hydrogen-bond acceptors (Lipinski definition) is 4. The van der Waals surface area contributed by atoms with Gasteiger partial charge in [0.25, 0.3) is 0 Å². The molecule has 0 radical (unpaired) electrons. The van der Waals surface area contributed by atoms with Crippen molar-refractivity contribution >= 4 is 33.8 Å². The van der Waals surface area contributed by atoms with Gasteiger partial charge in [-0.3, -0.25) is 4.79 Å². The minimum Gasteiger partial charge on any atom is -0.497 e. The molecule has 0 saturated carbocycles. The largest absolute Gasteiger partial charge is 0.497 e. The van der Waals surface area contributed by atoms with Crippen LogP contribution in [0.25, 0.3) is 6.08 Å². The summed E-state index contributed by atoms with van der Waals surface area (Å²) in [6, 6.07) is 20.8. The third-order valence-electron chi connectivity index (χ3n) is 3.95. The van der Waals surface area contributed by atoms with Crippen LogP contribution in [0.1, 0.15) is 26.3 Å². The molecule has 4 nitrogen and oxygen atoms in total. The van der Waals surface area contributed by atoms with E-state index >= 15 is 0 Å². The number of benzene rings is 3. The maximum atomic E-state index is 12.3. The first-order chi connectivity index (χ1) is 13.5. The predicted octanol–water partition coefficient (Wildman–Crippen LogP) is 5.57. The van der Waals surface area contributed by atoms with Crippen molar-refractivity contribution in [3.05, 3.63) is 100 Å². The van der Waals surface area contributed by atoms with Gasteiger partial charge in [-0.2, -0.15) is 0 Å². The molecule has 3 rings (SSSR count). The first-order valence-electron chi connectivity index (χ1n) is 8.49. The van der Waals surface area contributed by atoms with Crippen LogP contribution in [0.2, 0.25) is 0 Å². The molecule has 0 aromatic heterocycles. The van der Waals surface area contributed by atoms with Crippen LogP contribution in [-0.4, -0.2) is 18.9 Å². The van der Waals surface area contributed by atoms with Crippen LogP contribution in [0, 0.1) is 0 Å². The molecular formula is C23H17BrO4. The number of allylic oxidation sites excluding steroid dienone is 1. The second-order valence-corrected chi connectivity index (χ2v) is 6.81. The molecule has 0 aliphatic rings. The first kappa shape index (κ1) is 19.6. The van der Waals surface area contributed by atoms with Gasteiger partial charge in [0.15, 0.2) is 5.78 Å². The molecule has 0 aliphatic heterocycles. The second kappa shape index (κ2) is 9.15. The summed E-state index contributed by atoms with van der Waals surface area (Å²) >= 11 is 3.32. The molecule has 28 heavy (non-hydrogen) atoms. The number of hydrogen-bond donors (Lipinski definition) is 0. The summed E-state index contributed by atoms with van der Waals surface area (Å²) in [5.41, 5.74) is 1.82. The highest BCUT2D eigenvalue weighted by Crippen LogP contribution is 2.18. The smallest absolute Gasteiger partial charge is 0.343 e. The summed E-state index contributed by atoms with van der Waals surface area (Å²) in [6.07, 6.45) is 3.23. The van der Waals surface area contributed by atoms with Crippen molar-refractivity contribution in [3.8, 4) is 11.5 Å². The van der Waals surface area contributed by atoms with Crippen LogP contribution < -0.4 is 9.47 Å². The Balaban J connectivity index is 1.64. The number of rotatable bonds is 6. The third-order valence-corrected chi connectivity index (χ3v) is 4.48. The van der Waals surface area contributed by atoms with E-state index in [4.69, 9.17) is 9.47 Å². The number of carbonyl (C=O) groups is 2. The van der Waals surface area contributed by atoms with E-state index in [-0.39, 0.29) is 5.78 Å². The summed E-state index contributed by atoms with van der Waals surface area (Å²) in [5.74, 6) is 0.505. The summed E-state index contributed by atoms with van der Waals surface area (Å²) in [7, 11) is 1.60. The van der Waals surface area contributed by atoms with Crippen molar-refractivity contribution in [2.24, 2.45) is 0 Å². The van der Waals surface area contributed by atoms with E-state index in [1.165, 1.54) is 6.08 Å². The van der Waals surface area contributed by atoms with Gasteiger partial charge in [0.05, 0.1) is 12.7 Å². The van der Waals surface area contributed by atoms with E-state index in [2.05, 4.69) is 15.9 Å². The van der Waals surface area contributed by atoms with Gasteiger partial charge in [-0.25, -0.2) is 4.79 Å². The average molecular weight is 437 g/mol. The number of carbonyl (C=O) groups excluding carboxylic acids is 2. The molecule has 0 unspecified atom stereocenters. The van der Waals surface area contributed by atoms with E-state index < -0.39 is 5.97 Å².